The van der Waals surface area contributed by atoms with Gasteiger partial charge in [0.2, 0.25) is 0 Å². The minimum Gasteiger partial charge on any atom is -0.490 e. The molecule has 3 nitrogen and oxygen atoms in total. The Labute approximate surface area is 155 Å². The van der Waals surface area contributed by atoms with Crippen molar-refractivity contribution in [1.29, 1.82) is 0 Å². The summed E-state index contributed by atoms with van der Waals surface area (Å²) in [6.07, 6.45) is 0.834. The van der Waals surface area contributed by atoms with Crippen LogP contribution in [0.5, 0.6) is 5.75 Å². The number of carbonyl (C=O) groups is 1. The van der Waals surface area contributed by atoms with Crippen LogP contribution in [0.25, 0.3) is 11.1 Å². The summed E-state index contributed by atoms with van der Waals surface area (Å²) in [5.41, 5.74) is 2.58. The number of carboxylic acids is 1. The fourth-order valence-corrected chi connectivity index (χ4v) is 2.73. The van der Waals surface area contributed by atoms with Gasteiger partial charge in [-0.25, -0.2) is 9.18 Å². The fraction of sp³-hybridized carbons (Fsp3) is 0.316. The summed E-state index contributed by atoms with van der Waals surface area (Å²) >= 11 is 2.17. The third kappa shape index (κ3) is 4.26. The molecule has 128 valence electrons. The summed E-state index contributed by atoms with van der Waals surface area (Å²) < 4.78 is 20.3. The van der Waals surface area contributed by atoms with E-state index in [4.69, 9.17) is 4.74 Å². The molecule has 0 aliphatic heterocycles. The molecular weight excluding hydrogens is 422 g/mol. The van der Waals surface area contributed by atoms with E-state index in [1.165, 1.54) is 6.07 Å². The monoisotopic (exact) mass is 442 g/mol. The number of hydrogen-bond acceptors (Lipinski definition) is 2. The highest BCUT2D eigenvalue weighted by atomic mass is 127. The van der Waals surface area contributed by atoms with Crippen molar-refractivity contribution in [1.82, 2.24) is 0 Å². The Morgan fingerprint density at radius 3 is 2.50 bits per heavy atom. The van der Waals surface area contributed by atoms with Gasteiger partial charge in [-0.2, -0.15) is 0 Å². The van der Waals surface area contributed by atoms with Gasteiger partial charge >= 0.3 is 5.97 Å². The second-order valence-electron chi connectivity index (χ2n) is 5.60. The Morgan fingerprint density at radius 2 is 1.92 bits per heavy atom. The molecular formula is C19H20FIO3. The Bertz CT molecular complexity index is 731. The molecule has 0 saturated carbocycles. The molecule has 0 radical (unpaired) electrons. The molecule has 0 bridgehead atoms. The van der Waals surface area contributed by atoms with Crippen molar-refractivity contribution in [2.24, 2.45) is 0 Å². The number of ether oxygens (including phenoxy) is 1. The molecule has 5 heteroatoms. The Hall–Kier alpha value is -1.63. The van der Waals surface area contributed by atoms with E-state index in [2.05, 4.69) is 22.6 Å². The highest BCUT2D eigenvalue weighted by Crippen LogP contribution is 2.31. The Morgan fingerprint density at radius 1 is 1.25 bits per heavy atom. The van der Waals surface area contributed by atoms with Crippen LogP contribution in [0.15, 0.2) is 36.4 Å². The van der Waals surface area contributed by atoms with Gasteiger partial charge in [0.1, 0.15) is 0 Å². The predicted octanol–water partition coefficient (Wildman–Crippen LogP) is 5.52. The van der Waals surface area contributed by atoms with E-state index < -0.39 is 11.8 Å². The molecule has 2 aromatic carbocycles. The number of benzene rings is 2. The predicted molar refractivity (Wildman–Crippen MR) is 102 cm³/mol. The van der Waals surface area contributed by atoms with Gasteiger partial charge in [0.25, 0.3) is 0 Å². The van der Waals surface area contributed by atoms with Crippen LogP contribution in [0, 0.1) is 5.82 Å². The fourth-order valence-electron chi connectivity index (χ4n) is 2.51. The summed E-state index contributed by atoms with van der Waals surface area (Å²) in [7, 11) is 0. The van der Waals surface area contributed by atoms with Crippen LogP contribution < -0.4 is 4.74 Å². The van der Waals surface area contributed by atoms with Crippen LogP contribution in [0.4, 0.5) is 4.39 Å². The maximum absolute atomic E-state index is 14.2. The normalized spacial score (nSPS) is 12.0. The number of hydrogen-bond donors (Lipinski definition) is 1. The maximum Gasteiger partial charge on any atom is 0.335 e. The topological polar surface area (TPSA) is 46.5 Å². The van der Waals surface area contributed by atoms with Gasteiger partial charge in [-0.1, -0.05) is 54.6 Å². The number of rotatable bonds is 7. The van der Waals surface area contributed by atoms with E-state index >= 15 is 0 Å². The zero-order valence-electron chi connectivity index (χ0n) is 13.7. The van der Waals surface area contributed by atoms with Crippen molar-refractivity contribution in [2.45, 2.75) is 26.2 Å². The molecule has 2 aromatic rings. The third-order valence-electron chi connectivity index (χ3n) is 4.03. The Kier molecular flexibility index (Phi) is 6.60. The van der Waals surface area contributed by atoms with Crippen LogP contribution in [-0.2, 0) is 0 Å². The summed E-state index contributed by atoms with van der Waals surface area (Å²) in [6.45, 7) is 4.47. The number of carboxylic acid groups (broad SMARTS) is 1. The lowest BCUT2D eigenvalue weighted by Crippen LogP contribution is -2.05. The summed E-state index contributed by atoms with van der Waals surface area (Å²) in [6, 6.07) is 10.00. The van der Waals surface area contributed by atoms with Crippen molar-refractivity contribution in [3.8, 4) is 16.9 Å². The molecule has 0 aliphatic rings. The molecule has 0 aliphatic carbocycles. The molecule has 0 fully saturated rings. The smallest absolute Gasteiger partial charge is 0.335 e. The van der Waals surface area contributed by atoms with Crippen LogP contribution in [0.1, 0.15) is 42.1 Å². The zero-order chi connectivity index (χ0) is 17.7. The molecule has 1 unspecified atom stereocenters. The summed E-state index contributed by atoms with van der Waals surface area (Å²) in [5, 5.41) is 9.36. The minimum atomic E-state index is -0.939. The van der Waals surface area contributed by atoms with Crippen molar-refractivity contribution < 1.29 is 19.0 Å². The molecule has 2 rings (SSSR count). The lowest BCUT2D eigenvalue weighted by atomic mass is 9.90. The van der Waals surface area contributed by atoms with Crippen molar-refractivity contribution in [3.05, 3.63) is 53.3 Å². The van der Waals surface area contributed by atoms with E-state index in [1.807, 2.05) is 19.9 Å². The summed E-state index contributed by atoms with van der Waals surface area (Å²) in [5.74, 6) is -0.998. The van der Waals surface area contributed by atoms with E-state index in [-0.39, 0.29) is 11.7 Å². The highest BCUT2D eigenvalue weighted by Gasteiger charge is 2.16. The lowest BCUT2D eigenvalue weighted by Gasteiger charge is -2.15. The molecule has 1 atom stereocenters. The van der Waals surface area contributed by atoms with Crippen molar-refractivity contribution in [2.75, 3.05) is 11.0 Å². The highest BCUT2D eigenvalue weighted by molar-refractivity contribution is 14.1. The van der Waals surface area contributed by atoms with Gasteiger partial charge < -0.3 is 9.84 Å². The van der Waals surface area contributed by atoms with Gasteiger partial charge in [-0.15, -0.1) is 0 Å². The largest absolute Gasteiger partial charge is 0.490 e. The molecule has 0 saturated heterocycles. The average Bonchev–Trinajstić information content (AvgIpc) is 2.59. The van der Waals surface area contributed by atoms with Gasteiger partial charge in [0.15, 0.2) is 11.6 Å². The first kappa shape index (κ1) is 18.7. The molecule has 0 spiro atoms. The second-order valence-corrected chi connectivity index (χ2v) is 6.68. The first-order valence-electron chi connectivity index (χ1n) is 7.83. The average molecular weight is 442 g/mol. The van der Waals surface area contributed by atoms with Crippen LogP contribution in [-0.4, -0.2) is 22.1 Å². The van der Waals surface area contributed by atoms with E-state index in [0.717, 1.165) is 22.0 Å². The van der Waals surface area contributed by atoms with E-state index in [9.17, 15) is 14.3 Å². The SMILES string of the molecule is CCC(C)c1cc(-c2ccc(OCCI)c(F)c2)ccc1C(=O)O. The first-order valence-corrected chi connectivity index (χ1v) is 9.36. The zero-order valence-corrected chi connectivity index (χ0v) is 15.8. The second kappa shape index (κ2) is 8.46. The third-order valence-corrected chi connectivity index (χ3v) is 4.47. The van der Waals surface area contributed by atoms with Crippen LogP contribution in [0.2, 0.25) is 0 Å². The van der Waals surface area contributed by atoms with Crippen molar-refractivity contribution in [3.63, 3.8) is 0 Å². The van der Waals surface area contributed by atoms with Gasteiger partial charge in [0.05, 0.1) is 12.2 Å². The van der Waals surface area contributed by atoms with Crippen LogP contribution >= 0.6 is 22.6 Å². The molecule has 0 amide bonds. The molecule has 0 heterocycles. The molecule has 1 N–H and O–H groups in total. The minimum absolute atomic E-state index is 0.118. The van der Waals surface area contributed by atoms with Gasteiger partial charge in [-0.3, -0.25) is 0 Å². The number of alkyl halides is 1. The van der Waals surface area contributed by atoms with Gasteiger partial charge in [-0.05, 0) is 47.2 Å². The molecule has 0 aromatic heterocycles. The number of aromatic carboxylic acids is 1. The number of halogens is 2. The standard InChI is InChI=1S/C19H20FIO3/c1-3-12(2)16-10-13(4-6-15(16)19(22)23)14-5-7-18(17(20)11-14)24-9-8-21/h4-7,10-12H,3,8-9H2,1-2H3,(H,22,23). The lowest BCUT2D eigenvalue weighted by molar-refractivity contribution is 0.0695. The van der Waals surface area contributed by atoms with E-state index in [0.29, 0.717) is 17.7 Å². The maximum atomic E-state index is 14.2. The Balaban J connectivity index is 2.42. The summed E-state index contributed by atoms with van der Waals surface area (Å²) in [4.78, 5) is 11.4. The molecule has 24 heavy (non-hydrogen) atoms. The van der Waals surface area contributed by atoms with Crippen molar-refractivity contribution >= 4 is 28.6 Å². The van der Waals surface area contributed by atoms with Gasteiger partial charge in [0, 0.05) is 4.43 Å². The first-order chi connectivity index (χ1) is 11.5. The van der Waals surface area contributed by atoms with E-state index in [1.54, 1.807) is 24.3 Å². The van der Waals surface area contributed by atoms with Crippen LogP contribution in [0.3, 0.4) is 0 Å². The quantitative estimate of drug-likeness (QED) is 0.454.